The van der Waals surface area contributed by atoms with E-state index in [0.717, 1.165) is 16.1 Å². The smallest absolute Gasteiger partial charge is 0.312 e. The fraction of sp³-hybridized carbons (Fsp3) is 0.238. The van der Waals surface area contributed by atoms with E-state index in [-0.39, 0.29) is 25.0 Å². The van der Waals surface area contributed by atoms with Gasteiger partial charge in [-0.25, -0.2) is 4.98 Å². The molecule has 0 saturated heterocycles. The molecule has 2 aromatic heterocycles. The number of carbonyl (C=O) groups excluding carboxylic acids is 2. The predicted molar refractivity (Wildman–Crippen MR) is 108 cm³/mol. The van der Waals surface area contributed by atoms with Crippen molar-refractivity contribution in [3.63, 3.8) is 0 Å². The standard InChI is InChI=1S/C21H21N3O3S/c1-15(16-7-4-3-5-8-16)24(2)19(25)13-27-20(26)11-18-14-28-21(23-18)17-9-6-10-22-12-17/h3-10,12,14-15H,11,13H2,1-2H3/t15-/m1/s1. The monoisotopic (exact) mass is 395 g/mol. The van der Waals surface area contributed by atoms with E-state index in [0.29, 0.717) is 5.69 Å². The summed E-state index contributed by atoms with van der Waals surface area (Å²) in [6, 6.07) is 13.4. The summed E-state index contributed by atoms with van der Waals surface area (Å²) >= 11 is 1.44. The molecule has 1 amide bonds. The predicted octanol–water partition coefficient (Wildman–Crippen LogP) is 3.51. The lowest BCUT2D eigenvalue weighted by atomic mass is 10.1. The van der Waals surface area contributed by atoms with E-state index in [9.17, 15) is 9.59 Å². The van der Waals surface area contributed by atoms with Gasteiger partial charge < -0.3 is 9.64 Å². The average Bonchev–Trinajstić information content (AvgIpc) is 3.20. The van der Waals surface area contributed by atoms with Crippen LogP contribution in [0.1, 0.15) is 24.2 Å². The second kappa shape index (κ2) is 9.23. The molecule has 6 nitrogen and oxygen atoms in total. The maximum Gasteiger partial charge on any atom is 0.312 e. The second-order valence-corrected chi connectivity index (χ2v) is 7.17. The van der Waals surface area contributed by atoms with Crippen molar-refractivity contribution in [1.29, 1.82) is 0 Å². The number of hydrogen-bond donors (Lipinski definition) is 0. The molecule has 0 N–H and O–H groups in total. The highest BCUT2D eigenvalue weighted by atomic mass is 32.1. The molecule has 0 spiro atoms. The first kappa shape index (κ1) is 19.7. The number of nitrogens with zero attached hydrogens (tertiary/aromatic N) is 3. The van der Waals surface area contributed by atoms with Gasteiger partial charge in [-0.05, 0) is 24.6 Å². The number of carbonyl (C=O) groups is 2. The average molecular weight is 395 g/mol. The van der Waals surface area contributed by atoms with Crippen LogP contribution in [0.25, 0.3) is 10.6 Å². The fourth-order valence-electron chi connectivity index (χ4n) is 2.62. The van der Waals surface area contributed by atoms with Gasteiger partial charge in [0.05, 0.1) is 18.2 Å². The van der Waals surface area contributed by atoms with Crippen molar-refractivity contribution < 1.29 is 14.3 Å². The van der Waals surface area contributed by atoms with Crippen LogP contribution in [-0.2, 0) is 20.7 Å². The van der Waals surface area contributed by atoms with E-state index in [1.165, 1.54) is 11.3 Å². The Morgan fingerprint density at radius 1 is 1.18 bits per heavy atom. The zero-order valence-corrected chi connectivity index (χ0v) is 16.6. The zero-order valence-electron chi connectivity index (χ0n) is 15.7. The van der Waals surface area contributed by atoms with Crippen LogP contribution in [0.5, 0.6) is 0 Å². The molecule has 2 heterocycles. The topological polar surface area (TPSA) is 72.4 Å². The van der Waals surface area contributed by atoms with E-state index in [2.05, 4.69) is 9.97 Å². The SMILES string of the molecule is C[C@H](c1ccccc1)N(C)C(=O)COC(=O)Cc1csc(-c2cccnc2)n1. The molecule has 0 saturated carbocycles. The Kier molecular flexibility index (Phi) is 6.49. The molecule has 0 aliphatic heterocycles. The molecule has 144 valence electrons. The Hall–Kier alpha value is -3.06. The highest BCUT2D eigenvalue weighted by Gasteiger charge is 2.19. The van der Waals surface area contributed by atoms with E-state index >= 15 is 0 Å². The molecule has 1 atom stereocenters. The largest absolute Gasteiger partial charge is 0.455 e. The van der Waals surface area contributed by atoms with Crippen molar-refractivity contribution in [2.45, 2.75) is 19.4 Å². The van der Waals surface area contributed by atoms with Crippen LogP contribution in [0.3, 0.4) is 0 Å². The Labute approximate surface area is 167 Å². The summed E-state index contributed by atoms with van der Waals surface area (Å²) in [4.78, 5) is 34.5. The van der Waals surface area contributed by atoms with Crippen LogP contribution in [0, 0.1) is 0 Å². The van der Waals surface area contributed by atoms with Gasteiger partial charge in [-0.15, -0.1) is 11.3 Å². The quantitative estimate of drug-likeness (QED) is 0.573. The third-order valence-corrected chi connectivity index (χ3v) is 5.34. The number of ether oxygens (including phenoxy) is 1. The van der Waals surface area contributed by atoms with Gasteiger partial charge in [-0.2, -0.15) is 0 Å². The first-order chi connectivity index (χ1) is 13.5. The molecule has 28 heavy (non-hydrogen) atoms. The number of benzene rings is 1. The van der Waals surface area contributed by atoms with E-state index in [4.69, 9.17) is 4.74 Å². The van der Waals surface area contributed by atoms with Gasteiger partial charge in [0.2, 0.25) is 0 Å². The molecule has 0 fully saturated rings. The number of likely N-dealkylation sites (N-methyl/N-ethyl adjacent to an activating group) is 1. The van der Waals surface area contributed by atoms with Crippen molar-refractivity contribution in [2.75, 3.05) is 13.7 Å². The van der Waals surface area contributed by atoms with Gasteiger partial charge in [-0.1, -0.05) is 30.3 Å². The Bertz CT molecular complexity index is 928. The molecule has 0 aliphatic rings. The van der Waals surface area contributed by atoms with Crippen LogP contribution < -0.4 is 0 Å². The van der Waals surface area contributed by atoms with Crippen molar-refractivity contribution in [2.24, 2.45) is 0 Å². The molecular weight excluding hydrogens is 374 g/mol. The van der Waals surface area contributed by atoms with Gasteiger partial charge in [-0.3, -0.25) is 14.6 Å². The Morgan fingerprint density at radius 2 is 1.96 bits per heavy atom. The van der Waals surface area contributed by atoms with E-state index in [1.54, 1.807) is 24.3 Å². The minimum atomic E-state index is -0.475. The van der Waals surface area contributed by atoms with E-state index < -0.39 is 5.97 Å². The van der Waals surface area contributed by atoms with Crippen LogP contribution >= 0.6 is 11.3 Å². The maximum atomic E-state index is 12.3. The van der Waals surface area contributed by atoms with Crippen LogP contribution in [-0.4, -0.2) is 40.4 Å². The summed E-state index contributed by atoms with van der Waals surface area (Å²) in [5, 5.41) is 2.61. The summed E-state index contributed by atoms with van der Waals surface area (Å²) in [7, 11) is 1.70. The number of amides is 1. The Balaban J connectivity index is 1.50. The van der Waals surface area contributed by atoms with Gasteiger partial charge in [0.1, 0.15) is 5.01 Å². The first-order valence-corrected chi connectivity index (χ1v) is 9.73. The Morgan fingerprint density at radius 3 is 2.68 bits per heavy atom. The molecule has 3 rings (SSSR count). The zero-order chi connectivity index (χ0) is 19.9. The summed E-state index contributed by atoms with van der Waals surface area (Å²) in [6.07, 6.45) is 3.45. The minimum absolute atomic E-state index is 0.0298. The molecule has 0 aliphatic carbocycles. The summed E-state index contributed by atoms with van der Waals surface area (Å²) in [5.74, 6) is -0.726. The lowest BCUT2D eigenvalue weighted by Gasteiger charge is -2.25. The lowest BCUT2D eigenvalue weighted by molar-refractivity contribution is -0.151. The van der Waals surface area contributed by atoms with Crippen molar-refractivity contribution >= 4 is 23.2 Å². The normalized spacial score (nSPS) is 11.6. The fourth-order valence-corrected chi connectivity index (χ4v) is 3.43. The minimum Gasteiger partial charge on any atom is -0.455 e. The number of aromatic nitrogens is 2. The molecule has 7 heteroatoms. The number of thiazole rings is 1. The number of rotatable bonds is 7. The van der Waals surface area contributed by atoms with Gasteiger partial charge in [0.25, 0.3) is 5.91 Å². The number of pyridine rings is 1. The lowest BCUT2D eigenvalue weighted by Crippen LogP contribution is -2.33. The summed E-state index contributed by atoms with van der Waals surface area (Å²) in [5.41, 5.74) is 2.54. The molecule has 0 unspecified atom stereocenters. The number of hydrogen-bond acceptors (Lipinski definition) is 6. The number of esters is 1. The second-order valence-electron chi connectivity index (χ2n) is 6.31. The third kappa shape index (κ3) is 5.01. The van der Waals surface area contributed by atoms with Gasteiger partial charge >= 0.3 is 5.97 Å². The molecular formula is C21H21N3O3S. The first-order valence-electron chi connectivity index (χ1n) is 8.85. The molecule has 3 aromatic rings. The van der Waals surface area contributed by atoms with Crippen molar-refractivity contribution in [3.8, 4) is 10.6 Å². The summed E-state index contributed by atoms with van der Waals surface area (Å²) in [6.45, 7) is 1.65. The highest BCUT2D eigenvalue weighted by Crippen LogP contribution is 2.23. The van der Waals surface area contributed by atoms with Crippen LogP contribution in [0.4, 0.5) is 0 Å². The van der Waals surface area contributed by atoms with Gasteiger partial charge in [0, 0.05) is 30.4 Å². The van der Waals surface area contributed by atoms with Crippen molar-refractivity contribution in [3.05, 3.63) is 71.5 Å². The van der Waals surface area contributed by atoms with Crippen LogP contribution in [0.2, 0.25) is 0 Å². The molecule has 1 aromatic carbocycles. The molecule has 0 radical (unpaired) electrons. The van der Waals surface area contributed by atoms with Crippen LogP contribution in [0.15, 0.2) is 60.2 Å². The highest BCUT2D eigenvalue weighted by molar-refractivity contribution is 7.13. The third-order valence-electron chi connectivity index (χ3n) is 4.40. The molecule has 0 bridgehead atoms. The van der Waals surface area contributed by atoms with Crippen molar-refractivity contribution in [1.82, 2.24) is 14.9 Å². The maximum absolute atomic E-state index is 12.3. The van der Waals surface area contributed by atoms with Gasteiger partial charge in [0.15, 0.2) is 6.61 Å². The van der Waals surface area contributed by atoms with E-state index in [1.807, 2.05) is 54.8 Å². The summed E-state index contributed by atoms with van der Waals surface area (Å²) < 4.78 is 5.15.